The van der Waals surface area contributed by atoms with Crippen LogP contribution in [0.25, 0.3) is 0 Å². The first kappa shape index (κ1) is 24.1. The summed E-state index contributed by atoms with van der Waals surface area (Å²) in [7, 11) is -3.07. The molecule has 1 amide bonds. The molecule has 0 aliphatic carbocycles. The molecule has 2 aromatic rings. The van der Waals surface area contributed by atoms with Gasteiger partial charge >= 0.3 is 5.92 Å². The van der Waals surface area contributed by atoms with Gasteiger partial charge in [0.1, 0.15) is 20.9 Å². The Morgan fingerprint density at radius 2 is 2.00 bits per heavy atom. The zero-order valence-electron chi connectivity index (χ0n) is 18.1. The lowest BCUT2D eigenvalue weighted by atomic mass is 9.99. The van der Waals surface area contributed by atoms with Gasteiger partial charge in [0.25, 0.3) is 0 Å². The lowest BCUT2D eigenvalue weighted by molar-refractivity contribution is -0.138. The average Bonchev–Trinajstić information content (AvgIpc) is 3.43. The third-order valence-corrected chi connectivity index (χ3v) is 9.72. The van der Waals surface area contributed by atoms with Gasteiger partial charge in [-0.25, -0.2) is 13.4 Å². The fourth-order valence-corrected chi connectivity index (χ4v) is 7.32. The Morgan fingerprint density at radius 3 is 2.64 bits per heavy atom. The van der Waals surface area contributed by atoms with Gasteiger partial charge < -0.3 is 9.80 Å². The molecule has 2 fully saturated rings. The van der Waals surface area contributed by atoms with Crippen LogP contribution in [-0.2, 0) is 20.6 Å². The summed E-state index contributed by atoms with van der Waals surface area (Å²) >= 11 is 2.33. The zero-order chi connectivity index (χ0) is 23.8. The molecule has 180 valence electrons. The minimum Gasteiger partial charge on any atom is -0.342 e. The lowest BCUT2D eigenvalue weighted by Crippen LogP contribution is -2.53. The number of halogens is 2. The fourth-order valence-electron chi connectivity index (χ4n) is 4.09. The van der Waals surface area contributed by atoms with E-state index in [0.29, 0.717) is 37.6 Å². The first-order valence-electron chi connectivity index (χ1n) is 10.6. The van der Waals surface area contributed by atoms with Crippen LogP contribution in [0.4, 0.5) is 13.9 Å². The predicted molar refractivity (Wildman–Crippen MR) is 124 cm³/mol. The smallest absolute Gasteiger partial charge is 0.304 e. The van der Waals surface area contributed by atoms with Crippen LogP contribution in [-0.4, -0.2) is 65.5 Å². The zero-order valence-corrected chi connectivity index (χ0v) is 20.6. The molecular formula is C20H25F2N5O3S3. The van der Waals surface area contributed by atoms with E-state index >= 15 is 0 Å². The molecule has 2 aromatic heterocycles. The summed E-state index contributed by atoms with van der Waals surface area (Å²) in [5.74, 6) is -3.48. The summed E-state index contributed by atoms with van der Waals surface area (Å²) in [5, 5.41) is 8.47. The van der Waals surface area contributed by atoms with E-state index in [0.717, 1.165) is 27.3 Å². The maximum atomic E-state index is 14.2. The third kappa shape index (κ3) is 5.24. The molecule has 33 heavy (non-hydrogen) atoms. The molecule has 0 bridgehead atoms. The quantitative estimate of drug-likeness (QED) is 0.543. The number of aromatic nitrogens is 3. The van der Waals surface area contributed by atoms with Gasteiger partial charge in [-0.05, 0) is 19.8 Å². The lowest BCUT2D eigenvalue weighted by Gasteiger charge is -2.42. The fraction of sp³-hybridized carbons (Fsp3) is 0.600. The number of carbonyl (C=O) groups is 1. The van der Waals surface area contributed by atoms with Crippen LogP contribution in [0.1, 0.15) is 40.2 Å². The monoisotopic (exact) mass is 517 g/mol. The number of hydrogen-bond donors (Lipinski definition) is 0. The Balaban J connectivity index is 1.55. The summed E-state index contributed by atoms with van der Waals surface area (Å²) in [5.41, 5.74) is 0. The highest BCUT2D eigenvalue weighted by Crippen LogP contribution is 2.38. The minimum atomic E-state index is -3.12. The van der Waals surface area contributed by atoms with Gasteiger partial charge in [0.05, 0.1) is 11.5 Å². The van der Waals surface area contributed by atoms with E-state index in [1.165, 1.54) is 11.3 Å². The second kappa shape index (κ2) is 9.34. The van der Waals surface area contributed by atoms with E-state index in [2.05, 4.69) is 21.8 Å². The van der Waals surface area contributed by atoms with Crippen molar-refractivity contribution in [1.82, 2.24) is 20.1 Å². The van der Waals surface area contributed by atoms with Crippen molar-refractivity contribution in [2.45, 2.75) is 38.2 Å². The molecule has 2 aliphatic heterocycles. The first-order valence-corrected chi connectivity index (χ1v) is 14.1. The maximum Gasteiger partial charge on any atom is 0.304 e. The molecule has 0 aromatic carbocycles. The van der Waals surface area contributed by atoms with E-state index < -0.39 is 22.2 Å². The highest BCUT2D eigenvalue weighted by Gasteiger charge is 2.40. The number of nitrogens with zero attached hydrogens (tertiary/aromatic N) is 5. The van der Waals surface area contributed by atoms with E-state index in [-0.39, 0.29) is 34.4 Å². The van der Waals surface area contributed by atoms with Crippen LogP contribution in [0.5, 0.6) is 0 Å². The number of thiazole rings is 1. The number of alkyl halides is 2. The normalized spacial score (nSPS) is 21.8. The predicted octanol–water partition coefficient (Wildman–Crippen LogP) is 3.19. The van der Waals surface area contributed by atoms with Crippen LogP contribution in [0.2, 0.25) is 0 Å². The van der Waals surface area contributed by atoms with Gasteiger partial charge in [0.2, 0.25) is 11.0 Å². The summed E-state index contributed by atoms with van der Waals surface area (Å²) < 4.78 is 52.0. The van der Waals surface area contributed by atoms with E-state index in [4.69, 9.17) is 0 Å². The average molecular weight is 518 g/mol. The first-order chi connectivity index (χ1) is 15.6. The van der Waals surface area contributed by atoms with Crippen LogP contribution >= 0.6 is 22.7 Å². The number of sulfone groups is 1. The van der Waals surface area contributed by atoms with E-state index in [1.807, 2.05) is 11.8 Å². The molecule has 1 atom stereocenters. The maximum absolute atomic E-state index is 14.2. The van der Waals surface area contributed by atoms with Crippen molar-refractivity contribution >= 4 is 43.5 Å². The summed E-state index contributed by atoms with van der Waals surface area (Å²) in [6.07, 6.45) is 3.03. The van der Waals surface area contributed by atoms with Crippen LogP contribution in [0.3, 0.4) is 0 Å². The number of piperazine rings is 1. The largest absolute Gasteiger partial charge is 0.342 e. The highest BCUT2D eigenvalue weighted by molar-refractivity contribution is 7.91. The summed E-state index contributed by atoms with van der Waals surface area (Å²) in [4.78, 5) is 22.5. The summed E-state index contributed by atoms with van der Waals surface area (Å²) in [6, 6.07) is -0.371. The van der Waals surface area contributed by atoms with Crippen LogP contribution in [0.15, 0.2) is 18.9 Å². The molecule has 2 aliphatic rings. The van der Waals surface area contributed by atoms with Crippen LogP contribution in [0, 0.1) is 12.8 Å². The number of hydrogen-bond acceptors (Lipinski definition) is 9. The molecular weight excluding hydrogens is 492 g/mol. The molecule has 0 N–H and O–H groups in total. The van der Waals surface area contributed by atoms with Gasteiger partial charge in [-0.15, -0.1) is 28.1 Å². The van der Waals surface area contributed by atoms with Crippen molar-refractivity contribution in [1.29, 1.82) is 0 Å². The van der Waals surface area contributed by atoms with Crippen molar-refractivity contribution in [3.8, 4) is 0 Å². The van der Waals surface area contributed by atoms with Crippen molar-refractivity contribution in [2.24, 2.45) is 5.92 Å². The topological polar surface area (TPSA) is 96.4 Å². The van der Waals surface area contributed by atoms with Crippen molar-refractivity contribution in [3.05, 3.63) is 33.7 Å². The standard InChI is InChI=1S/C20H25F2N5O3S3/c1-3-6-20(21,22)18-24-25-19(32-18)26-7-8-27(15(12-26)16-23-11-13(2)31-16)17(28)14-4-9-33(29,30)10-5-14/h3,11,14-15H,1,4-10,12H2,2H3. The molecule has 2 saturated heterocycles. The Bertz CT molecular complexity index is 1120. The molecule has 0 spiro atoms. The Kier molecular flexibility index (Phi) is 6.83. The molecule has 8 nitrogen and oxygen atoms in total. The van der Waals surface area contributed by atoms with E-state index in [1.54, 1.807) is 11.1 Å². The molecule has 0 saturated carbocycles. The molecule has 1 unspecified atom stereocenters. The third-order valence-electron chi connectivity index (χ3n) is 5.89. The minimum absolute atomic E-state index is 0.0247. The Hall–Kier alpha value is -1.99. The number of anilines is 1. The van der Waals surface area contributed by atoms with Gasteiger partial charge in [0.15, 0.2) is 5.01 Å². The van der Waals surface area contributed by atoms with Gasteiger partial charge in [-0.2, -0.15) is 8.78 Å². The number of carbonyl (C=O) groups excluding carboxylic acids is 1. The number of aryl methyl sites for hydroxylation is 1. The van der Waals surface area contributed by atoms with Gasteiger partial charge in [-0.1, -0.05) is 17.4 Å². The second-order valence-electron chi connectivity index (χ2n) is 8.32. The second-order valence-corrected chi connectivity index (χ2v) is 12.8. The SMILES string of the molecule is C=CCC(F)(F)c1nnc(N2CCN(C(=O)C3CCS(=O)(=O)CC3)C(c3ncc(C)s3)C2)s1. The van der Waals surface area contributed by atoms with Gasteiger partial charge in [-0.3, -0.25) is 4.79 Å². The van der Waals surface area contributed by atoms with Crippen molar-refractivity contribution < 1.29 is 22.0 Å². The van der Waals surface area contributed by atoms with Crippen LogP contribution < -0.4 is 4.90 Å². The van der Waals surface area contributed by atoms with Crippen molar-refractivity contribution in [2.75, 3.05) is 36.0 Å². The van der Waals surface area contributed by atoms with Crippen molar-refractivity contribution in [3.63, 3.8) is 0 Å². The molecule has 13 heteroatoms. The number of allylic oxidation sites excluding steroid dienone is 1. The van der Waals surface area contributed by atoms with Gasteiger partial charge in [0, 0.05) is 43.0 Å². The van der Waals surface area contributed by atoms with E-state index in [9.17, 15) is 22.0 Å². The highest BCUT2D eigenvalue weighted by atomic mass is 32.2. The number of amides is 1. The summed E-state index contributed by atoms with van der Waals surface area (Å²) in [6.45, 7) is 6.44. The molecule has 4 rings (SSSR count). The Labute approximate surface area is 199 Å². The molecule has 0 radical (unpaired) electrons. The number of rotatable bonds is 6. The Morgan fingerprint density at radius 1 is 1.27 bits per heavy atom. The molecule has 4 heterocycles.